The lowest BCUT2D eigenvalue weighted by atomic mass is 10.0. The Kier molecular flexibility index (Phi) is 5.66. The lowest BCUT2D eigenvalue weighted by molar-refractivity contribution is -0.119. The number of thioether (sulfide) groups is 1. The summed E-state index contributed by atoms with van der Waals surface area (Å²) in [6.07, 6.45) is 0. The van der Waals surface area contributed by atoms with E-state index in [1.54, 1.807) is 31.4 Å². The molecule has 1 atom stereocenters. The number of anilines is 1. The monoisotopic (exact) mass is 456 g/mol. The topological polar surface area (TPSA) is 83.4 Å². The number of carbonyl (C=O) groups is 2. The first kappa shape index (κ1) is 21.0. The molecule has 33 heavy (non-hydrogen) atoms. The maximum atomic E-state index is 12.9. The van der Waals surface area contributed by atoms with Gasteiger partial charge in [-0.2, -0.15) is 4.99 Å². The highest BCUT2D eigenvalue weighted by atomic mass is 32.2. The Hall–Kier alpha value is -3.91. The molecule has 0 saturated heterocycles. The second-order valence-corrected chi connectivity index (χ2v) is 8.38. The number of nitrogens with zero attached hydrogens (tertiary/aromatic N) is 3. The Morgan fingerprint density at radius 3 is 2.48 bits per heavy atom. The molecule has 2 heterocycles. The SMILES string of the molecule is COc1ccc(NC(=O)CSC2=Nc3ccccc3C3=NC(=O)C(c4ccccc4)N23)cc1. The van der Waals surface area contributed by atoms with Crippen LogP contribution in [0.2, 0.25) is 0 Å². The fourth-order valence-corrected chi connectivity index (χ4v) is 4.62. The third kappa shape index (κ3) is 4.12. The number of amides is 2. The number of ether oxygens (including phenoxy) is 1. The first-order valence-electron chi connectivity index (χ1n) is 10.4. The first-order chi connectivity index (χ1) is 16.1. The smallest absolute Gasteiger partial charge is 0.275 e. The van der Waals surface area contributed by atoms with Gasteiger partial charge in [-0.25, -0.2) is 4.99 Å². The normalized spacial score (nSPS) is 16.5. The van der Waals surface area contributed by atoms with Crippen LogP contribution in [0.1, 0.15) is 17.2 Å². The van der Waals surface area contributed by atoms with Gasteiger partial charge in [0, 0.05) is 11.3 Å². The minimum absolute atomic E-state index is 0.131. The van der Waals surface area contributed by atoms with Gasteiger partial charge in [-0.15, -0.1) is 0 Å². The zero-order valence-corrected chi connectivity index (χ0v) is 18.6. The Labute approximate surface area is 195 Å². The predicted octanol–water partition coefficient (Wildman–Crippen LogP) is 4.40. The summed E-state index contributed by atoms with van der Waals surface area (Å²) in [4.78, 5) is 36.6. The molecule has 7 nitrogen and oxygen atoms in total. The summed E-state index contributed by atoms with van der Waals surface area (Å²) < 4.78 is 5.15. The third-order valence-corrected chi connectivity index (χ3v) is 6.28. The van der Waals surface area contributed by atoms with Gasteiger partial charge < -0.3 is 10.1 Å². The van der Waals surface area contributed by atoms with Crippen molar-refractivity contribution < 1.29 is 14.3 Å². The molecule has 0 saturated carbocycles. The van der Waals surface area contributed by atoms with Crippen molar-refractivity contribution in [2.75, 3.05) is 18.2 Å². The fourth-order valence-electron chi connectivity index (χ4n) is 3.79. The zero-order chi connectivity index (χ0) is 22.8. The summed E-state index contributed by atoms with van der Waals surface area (Å²) in [5, 5.41) is 3.44. The van der Waals surface area contributed by atoms with Gasteiger partial charge in [0.05, 0.1) is 18.6 Å². The molecule has 2 aliphatic heterocycles. The number of hydrogen-bond donors (Lipinski definition) is 1. The molecule has 0 fully saturated rings. The van der Waals surface area contributed by atoms with Crippen LogP contribution in [0.4, 0.5) is 11.4 Å². The van der Waals surface area contributed by atoms with Gasteiger partial charge in [0.15, 0.2) is 5.17 Å². The van der Waals surface area contributed by atoms with E-state index >= 15 is 0 Å². The molecule has 0 aliphatic carbocycles. The van der Waals surface area contributed by atoms with E-state index in [2.05, 4.69) is 10.3 Å². The number of rotatable bonds is 5. The van der Waals surface area contributed by atoms with Crippen LogP contribution in [-0.2, 0) is 9.59 Å². The molecule has 3 aromatic rings. The van der Waals surface area contributed by atoms with Crippen molar-refractivity contribution in [2.45, 2.75) is 6.04 Å². The van der Waals surface area contributed by atoms with E-state index < -0.39 is 6.04 Å². The standard InChI is InChI=1S/C25H20N4O3S/c1-32-18-13-11-17(12-14-18)26-21(30)15-33-25-27-20-10-6-5-9-19(20)23-28-24(31)22(29(23)25)16-7-3-2-4-8-16/h2-14,22H,15H2,1H3,(H,26,30). The molecule has 0 spiro atoms. The molecule has 1 unspecified atom stereocenters. The van der Waals surface area contributed by atoms with Crippen molar-refractivity contribution in [3.63, 3.8) is 0 Å². The number of aliphatic imine (C=N–C) groups is 2. The minimum Gasteiger partial charge on any atom is -0.497 e. The third-order valence-electron chi connectivity index (χ3n) is 5.32. The summed E-state index contributed by atoms with van der Waals surface area (Å²) in [5.74, 6) is 0.996. The summed E-state index contributed by atoms with van der Waals surface area (Å²) >= 11 is 1.28. The van der Waals surface area contributed by atoms with E-state index in [0.717, 1.165) is 22.6 Å². The molecular formula is C25H20N4O3S. The first-order valence-corrected chi connectivity index (χ1v) is 11.3. The van der Waals surface area contributed by atoms with Crippen molar-refractivity contribution in [1.29, 1.82) is 0 Å². The molecule has 0 bridgehead atoms. The number of amidine groups is 2. The van der Waals surface area contributed by atoms with Gasteiger partial charge in [0.25, 0.3) is 5.91 Å². The maximum Gasteiger partial charge on any atom is 0.275 e. The van der Waals surface area contributed by atoms with E-state index in [9.17, 15) is 9.59 Å². The van der Waals surface area contributed by atoms with Crippen LogP contribution in [-0.4, -0.2) is 40.6 Å². The van der Waals surface area contributed by atoms with Crippen LogP contribution in [0.15, 0.2) is 88.8 Å². The van der Waals surface area contributed by atoms with E-state index in [1.807, 2.05) is 59.5 Å². The van der Waals surface area contributed by atoms with E-state index in [1.165, 1.54) is 11.8 Å². The van der Waals surface area contributed by atoms with E-state index in [-0.39, 0.29) is 17.6 Å². The Morgan fingerprint density at radius 2 is 1.73 bits per heavy atom. The number of para-hydroxylation sites is 1. The lowest BCUT2D eigenvalue weighted by Gasteiger charge is -2.31. The van der Waals surface area contributed by atoms with Gasteiger partial charge >= 0.3 is 0 Å². The number of nitrogens with one attached hydrogen (secondary N) is 1. The van der Waals surface area contributed by atoms with E-state index in [0.29, 0.717) is 16.7 Å². The fraction of sp³-hybridized carbons (Fsp3) is 0.120. The molecule has 5 rings (SSSR count). The summed E-state index contributed by atoms with van der Waals surface area (Å²) in [7, 11) is 1.59. The molecule has 1 N–H and O–H groups in total. The van der Waals surface area contributed by atoms with Gasteiger partial charge in [0.1, 0.15) is 17.6 Å². The van der Waals surface area contributed by atoms with Crippen molar-refractivity contribution in [3.05, 3.63) is 90.0 Å². The summed E-state index contributed by atoms with van der Waals surface area (Å²) in [6.45, 7) is 0. The molecule has 2 amide bonds. The molecule has 8 heteroatoms. The van der Waals surface area contributed by atoms with Gasteiger partial charge in [-0.1, -0.05) is 54.2 Å². The largest absolute Gasteiger partial charge is 0.497 e. The average molecular weight is 457 g/mol. The van der Waals surface area contributed by atoms with Crippen molar-refractivity contribution in [3.8, 4) is 5.75 Å². The van der Waals surface area contributed by atoms with Gasteiger partial charge in [-0.05, 0) is 42.0 Å². The predicted molar refractivity (Wildman–Crippen MR) is 130 cm³/mol. The Morgan fingerprint density at radius 1 is 1.00 bits per heavy atom. The Bertz CT molecular complexity index is 1270. The lowest BCUT2D eigenvalue weighted by Crippen LogP contribution is -2.39. The Balaban J connectivity index is 1.40. The molecule has 0 aromatic heterocycles. The van der Waals surface area contributed by atoms with Gasteiger partial charge in [-0.3, -0.25) is 14.5 Å². The quantitative estimate of drug-likeness (QED) is 0.615. The van der Waals surface area contributed by atoms with Crippen LogP contribution in [0.3, 0.4) is 0 Å². The van der Waals surface area contributed by atoms with Crippen LogP contribution in [0.5, 0.6) is 5.75 Å². The summed E-state index contributed by atoms with van der Waals surface area (Å²) in [6, 6.07) is 23.6. The minimum atomic E-state index is -0.606. The number of benzene rings is 3. The second kappa shape index (κ2) is 8.91. The molecule has 2 aliphatic rings. The van der Waals surface area contributed by atoms with E-state index in [4.69, 9.17) is 9.73 Å². The highest BCUT2D eigenvalue weighted by Crippen LogP contribution is 2.39. The molecular weight excluding hydrogens is 436 g/mol. The number of hydrogen-bond acceptors (Lipinski definition) is 6. The highest BCUT2D eigenvalue weighted by molar-refractivity contribution is 8.14. The van der Waals surface area contributed by atoms with Crippen molar-refractivity contribution in [1.82, 2.24) is 4.90 Å². The van der Waals surface area contributed by atoms with Crippen LogP contribution in [0.25, 0.3) is 0 Å². The zero-order valence-electron chi connectivity index (χ0n) is 17.8. The average Bonchev–Trinajstić information content (AvgIpc) is 3.21. The van der Waals surface area contributed by atoms with Crippen molar-refractivity contribution >= 4 is 46.0 Å². The number of methoxy groups -OCH3 is 1. The second-order valence-electron chi connectivity index (χ2n) is 7.43. The van der Waals surface area contributed by atoms with Crippen LogP contribution >= 0.6 is 11.8 Å². The molecule has 164 valence electrons. The maximum absolute atomic E-state index is 12.9. The molecule has 0 radical (unpaired) electrons. The van der Waals surface area contributed by atoms with Crippen LogP contribution in [0, 0.1) is 0 Å². The van der Waals surface area contributed by atoms with Crippen LogP contribution < -0.4 is 10.1 Å². The number of fused-ring (bicyclic) bond motifs is 3. The highest BCUT2D eigenvalue weighted by Gasteiger charge is 2.42. The molecule has 3 aromatic carbocycles. The van der Waals surface area contributed by atoms with Crippen molar-refractivity contribution in [2.24, 2.45) is 9.98 Å². The van der Waals surface area contributed by atoms with Gasteiger partial charge in [0.2, 0.25) is 5.91 Å². The number of carbonyl (C=O) groups excluding carboxylic acids is 2. The summed E-state index contributed by atoms with van der Waals surface area (Å²) in [5.41, 5.74) is 3.04.